The van der Waals surface area contributed by atoms with Crippen LogP contribution in [0.25, 0.3) is 5.69 Å². The van der Waals surface area contributed by atoms with Gasteiger partial charge in [-0.1, -0.05) is 12.1 Å². The normalized spacial score (nSPS) is 11.3. The van der Waals surface area contributed by atoms with Gasteiger partial charge in [-0.25, -0.2) is 22.7 Å². The first-order valence-electron chi connectivity index (χ1n) is 8.86. The van der Waals surface area contributed by atoms with Gasteiger partial charge in [-0.2, -0.15) is 0 Å². The summed E-state index contributed by atoms with van der Waals surface area (Å²) in [5.41, 5.74) is 2.04. The number of nitrogens with zero attached hydrogens (tertiary/aromatic N) is 1. The zero-order valence-electron chi connectivity index (χ0n) is 16.3. The number of rotatable bonds is 6. The second kappa shape index (κ2) is 8.21. The number of carbonyl (C=O) groups is 2. The Morgan fingerprint density at radius 1 is 1.03 bits per heavy atom. The molecule has 0 unspecified atom stereocenters. The minimum Gasteiger partial charge on any atom is -0.454 e. The van der Waals surface area contributed by atoms with Gasteiger partial charge in [0.05, 0.1) is 10.5 Å². The van der Waals surface area contributed by atoms with Gasteiger partial charge >= 0.3 is 5.97 Å². The SMILES string of the molecule is Cc1cc(C(=O)COC(=O)c2ccccc2F)c(C)n1-c1ccc(S(N)(=O)=O)cc1. The predicted molar refractivity (Wildman–Crippen MR) is 108 cm³/mol. The Bertz CT molecular complexity index is 1230. The Morgan fingerprint density at radius 3 is 2.27 bits per heavy atom. The topological polar surface area (TPSA) is 108 Å². The number of hydrogen-bond donors (Lipinski definition) is 1. The average Bonchev–Trinajstić information content (AvgIpc) is 3.00. The molecule has 1 aromatic heterocycles. The minimum absolute atomic E-state index is 0.0231. The van der Waals surface area contributed by atoms with Crippen molar-refractivity contribution in [2.45, 2.75) is 18.7 Å². The van der Waals surface area contributed by atoms with Crippen LogP contribution in [0.2, 0.25) is 0 Å². The molecule has 0 radical (unpaired) electrons. The van der Waals surface area contributed by atoms with Crippen LogP contribution in [0.1, 0.15) is 32.1 Å². The molecule has 2 aromatic carbocycles. The fourth-order valence-electron chi connectivity index (χ4n) is 3.14. The van der Waals surface area contributed by atoms with Crippen molar-refractivity contribution in [2.75, 3.05) is 6.61 Å². The van der Waals surface area contributed by atoms with E-state index in [4.69, 9.17) is 9.88 Å². The van der Waals surface area contributed by atoms with E-state index < -0.39 is 34.2 Å². The molecule has 156 valence electrons. The van der Waals surface area contributed by atoms with Crippen molar-refractivity contribution in [3.05, 3.63) is 82.9 Å². The molecular formula is C21H19FN2O5S. The number of hydrogen-bond acceptors (Lipinski definition) is 5. The third kappa shape index (κ3) is 4.32. The number of sulfonamides is 1. The monoisotopic (exact) mass is 430 g/mol. The lowest BCUT2D eigenvalue weighted by Gasteiger charge is -2.11. The molecule has 0 aliphatic carbocycles. The molecule has 2 N–H and O–H groups in total. The Morgan fingerprint density at radius 2 is 1.67 bits per heavy atom. The number of ether oxygens (including phenoxy) is 1. The van der Waals surface area contributed by atoms with Gasteiger partial charge < -0.3 is 9.30 Å². The van der Waals surface area contributed by atoms with Crippen LogP contribution in [0.3, 0.4) is 0 Å². The Labute approximate surface area is 172 Å². The number of aryl methyl sites for hydroxylation is 1. The highest BCUT2D eigenvalue weighted by molar-refractivity contribution is 7.89. The smallest absolute Gasteiger partial charge is 0.341 e. The summed E-state index contributed by atoms with van der Waals surface area (Å²) >= 11 is 0. The van der Waals surface area contributed by atoms with E-state index in [9.17, 15) is 22.4 Å². The molecule has 0 saturated carbocycles. The van der Waals surface area contributed by atoms with Gasteiger partial charge in [-0.05, 0) is 56.3 Å². The van der Waals surface area contributed by atoms with E-state index in [0.717, 1.165) is 11.8 Å². The summed E-state index contributed by atoms with van der Waals surface area (Å²) in [4.78, 5) is 24.6. The molecule has 3 aromatic rings. The maximum absolute atomic E-state index is 13.7. The van der Waals surface area contributed by atoms with E-state index in [1.807, 2.05) is 0 Å². The second-order valence-corrected chi connectivity index (χ2v) is 8.20. The van der Waals surface area contributed by atoms with Crippen LogP contribution in [0, 0.1) is 19.7 Å². The number of aromatic nitrogens is 1. The van der Waals surface area contributed by atoms with Crippen molar-refractivity contribution in [3.63, 3.8) is 0 Å². The Hall–Kier alpha value is -3.30. The summed E-state index contributed by atoms with van der Waals surface area (Å²) in [6.07, 6.45) is 0. The number of nitrogens with two attached hydrogens (primary N) is 1. The lowest BCUT2D eigenvalue weighted by Crippen LogP contribution is -2.16. The third-order valence-corrected chi connectivity index (χ3v) is 5.51. The molecule has 0 aliphatic rings. The van der Waals surface area contributed by atoms with Gasteiger partial charge in [-0.15, -0.1) is 0 Å². The largest absolute Gasteiger partial charge is 0.454 e. The van der Waals surface area contributed by atoms with Crippen molar-refractivity contribution >= 4 is 21.8 Å². The molecule has 0 fully saturated rings. The van der Waals surface area contributed by atoms with E-state index in [0.29, 0.717) is 16.9 Å². The first-order valence-corrected chi connectivity index (χ1v) is 10.4. The summed E-state index contributed by atoms with van der Waals surface area (Å²) in [7, 11) is -3.81. The number of carbonyl (C=O) groups excluding carboxylic acids is 2. The molecule has 0 amide bonds. The molecule has 0 bridgehead atoms. The van der Waals surface area contributed by atoms with E-state index >= 15 is 0 Å². The van der Waals surface area contributed by atoms with Crippen molar-refractivity contribution in [1.82, 2.24) is 4.57 Å². The standard InChI is InChI=1S/C21H19FN2O5S/c1-13-11-18(20(25)12-29-21(26)17-5-3-4-6-19(17)22)14(2)24(13)15-7-9-16(10-8-15)30(23,27)28/h3-11H,12H2,1-2H3,(H2,23,27,28). The summed E-state index contributed by atoms with van der Waals surface area (Å²) in [5, 5.41) is 5.11. The molecule has 1 heterocycles. The minimum atomic E-state index is -3.81. The lowest BCUT2D eigenvalue weighted by atomic mass is 10.1. The number of Topliss-reactive ketones (excluding diaryl/α,β-unsaturated/α-hetero) is 1. The van der Waals surface area contributed by atoms with E-state index in [1.54, 1.807) is 36.6 Å². The lowest BCUT2D eigenvalue weighted by molar-refractivity contribution is 0.0470. The molecule has 0 saturated heterocycles. The van der Waals surface area contributed by atoms with Crippen molar-refractivity contribution in [1.29, 1.82) is 0 Å². The first kappa shape index (κ1) is 21.4. The molecule has 30 heavy (non-hydrogen) atoms. The van der Waals surface area contributed by atoms with E-state index in [2.05, 4.69) is 0 Å². The van der Waals surface area contributed by atoms with E-state index in [1.165, 1.54) is 30.3 Å². The Balaban J connectivity index is 1.80. The van der Waals surface area contributed by atoms with Crippen molar-refractivity contribution in [3.8, 4) is 5.69 Å². The first-order chi connectivity index (χ1) is 14.1. The van der Waals surface area contributed by atoms with Gasteiger partial charge in [-0.3, -0.25) is 4.79 Å². The van der Waals surface area contributed by atoms with Gasteiger partial charge in [0, 0.05) is 22.6 Å². The van der Waals surface area contributed by atoms with Gasteiger partial charge in [0.25, 0.3) is 0 Å². The zero-order valence-corrected chi connectivity index (χ0v) is 17.1. The average molecular weight is 430 g/mol. The molecular weight excluding hydrogens is 411 g/mol. The number of halogens is 1. The summed E-state index contributed by atoms with van der Waals surface area (Å²) < 4.78 is 43.2. The fraction of sp³-hybridized carbons (Fsp3) is 0.143. The summed E-state index contributed by atoms with van der Waals surface area (Å²) in [6, 6.07) is 12.9. The summed E-state index contributed by atoms with van der Waals surface area (Å²) in [5.74, 6) is -2.09. The van der Waals surface area contributed by atoms with Gasteiger partial charge in [0.2, 0.25) is 15.8 Å². The zero-order chi connectivity index (χ0) is 22.1. The molecule has 3 rings (SSSR count). The Kier molecular flexibility index (Phi) is 5.86. The summed E-state index contributed by atoms with van der Waals surface area (Å²) in [6.45, 7) is 2.96. The number of esters is 1. The van der Waals surface area contributed by atoms with Crippen LogP contribution < -0.4 is 5.14 Å². The highest BCUT2D eigenvalue weighted by atomic mass is 32.2. The molecule has 7 nitrogen and oxygen atoms in total. The number of primary sulfonamides is 1. The third-order valence-electron chi connectivity index (χ3n) is 4.58. The highest BCUT2D eigenvalue weighted by Gasteiger charge is 2.20. The van der Waals surface area contributed by atoms with Crippen LogP contribution in [-0.4, -0.2) is 31.3 Å². The predicted octanol–water partition coefficient (Wildman–Crippen LogP) is 2.92. The van der Waals surface area contributed by atoms with Crippen LogP contribution in [0.5, 0.6) is 0 Å². The molecule has 0 spiro atoms. The maximum atomic E-state index is 13.7. The van der Waals surface area contributed by atoms with E-state index in [-0.39, 0.29) is 10.5 Å². The maximum Gasteiger partial charge on any atom is 0.341 e. The molecule has 0 atom stereocenters. The van der Waals surface area contributed by atoms with Crippen LogP contribution >= 0.6 is 0 Å². The van der Waals surface area contributed by atoms with Crippen molar-refractivity contribution in [2.24, 2.45) is 5.14 Å². The molecule has 9 heteroatoms. The fourth-order valence-corrected chi connectivity index (χ4v) is 3.66. The quantitative estimate of drug-likeness (QED) is 0.478. The van der Waals surface area contributed by atoms with Crippen LogP contribution in [0.4, 0.5) is 4.39 Å². The second-order valence-electron chi connectivity index (χ2n) is 6.64. The number of ketones is 1. The van der Waals surface area contributed by atoms with Crippen molar-refractivity contribution < 1.29 is 27.1 Å². The number of benzene rings is 2. The molecule has 0 aliphatic heterocycles. The van der Waals surface area contributed by atoms with Gasteiger partial charge in [0.1, 0.15) is 5.82 Å². The van der Waals surface area contributed by atoms with Crippen LogP contribution in [0.15, 0.2) is 59.5 Å². The van der Waals surface area contributed by atoms with Crippen LogP contribution in [-0.2, 0) is 14.8 Å². The van der Waals surface area contributed by atoms with Gasteiger partial charge in [0.15, 0.2) is 6.61 Å². The highest BCUT2D eigenvalue weighted by Crippen LogP contribution is 2.22.